The number of ether oxygens (including phenoxy) is 3. The van der Waals surface area contributed by atoms with Gasteiger partial charge in [-0.15, -0.1) is 0 Å². The van der Waals surface area contributed by atoms with E-state index in [2.05, 4.69) is 51.0 Å². The van der Waals surface area contributed by atoms with Crippen molar-refractivity contribution < 1.29 is 28.9 Å². The summed E-state index contributed by atoms with van der Waals surface area (Å²) in [6.45, 7) is 21.7. The number of rotatable bonds is 20. The minimum atomic E-state index is -0.384. The van der Waals surface area contributed by atoms with Crippen LogP contribution in [0.4, 0.5) is 0 Å². The number of carbonyl (C=O) groups is 2. The fourth-order valence-corrected chi connectivity index (χ4v) is 8.17. The summed E-state index contributed by atoms with van der Waals surface area (Å²) in [5.41, 5.74) is 1.82. The third kappa shape index (κ3) is 14.2. The van der Waals surface area contributed by atoms with Crippen molar-refractivity contribution in [3.05, 3.63) is 23.9 Å². The first kappa shape index (κ1) is 43.0. The lowest BCUT2D eigenvalue weighted by Gasteiger charge is -2.48. The van der Waals surface area contributed by atoms with Crippen molar-refractivity contribution in [3.63, 3.8) is 0 Å². The monoisotopic (exact) mass is 721 g/mol. The van der Waals surface area contributed by atoms with Crippen molar-refractivity contribution in [1.29, 1.82) is 0 Å². The van der Waals surface area contributed by atoms with Crippen LogP contribution in [0.3, 0.4) is 0 Å². The molecule has 11 unspecified atom stereocenters. The molecule has 0 aromatic carbocycles. The lowest BCUT2D eigenvalue weighted by molar-refractivity contribution is -0.211. The topological polar surface area (TPSA) is 106 Å². The molecule has 0 aromatic heterocycles. The second-order valence-corrected chi connectivity index (χ2v) is 17.0. The van der Waals surface area contributed by atoms with Crippen molar-refractivity contribution in [2.45, 2.75) is 167 Å². The molecule has 0 aromatic rings. The zero-order valence-electron chi connectivity index (χ0n) is 32.5. The van der Waals surface area contributed by atoms with Crippen molar-refractivity contribution in [1.82, 2.24) is 10.6 Å². The summed E-state index contributed by atoms with van der Waals surface area (Å²) in [6.07, 6.45) is 13.4. The fourth-order valence-electron chi connectivity index (χ4n) is 7.90. The van der Waals surface area contributed by atoms with Crippen LogP contribution in [0.1, 0.15) is 132 Å². The van der Waals surface area contributed by atoms with Crippen LogP contribution in [0.2, 0.25) is 0 Å². The van der Waals surface area contributed by atoms with Crippen LogP contribution in [0.5, 0.6) is 0 Å². The van der Waals surface area contributed by atoms with Gasteiger partial charge in [-0.2, -0.15) is 12.6 Å². The van der Waals surface area contributed by atoms with Crippen molar-refractivity contribution in [2.24, 2.45) is 29.6 Å². The van der Waals surface area contributed by atoms with Crippen LogP contribution in [0, 0.1) is 29.6 Å². The van der Waals surface area contributed by atoms with Gasteiger partial charge in [0, 0.05) is 49.4 Å². The zero-order chi connectivity index (χ0) is 36.8. The smallest absolute Gasteiger partial charge is 0.222 e. The molecule has 0 saturated carbocycles. The highest BCUT2D eigenvalue weighted by Crippen LogP contribution is 2.42. The van der Waals surface area contributed by atoms with E-state index in [0.717, 1.165) is 82.2 Å². The zero-order valence-corrected chi connectivity index (χ0v) is 33.4. The number of hydrogen-bond donors (Lipinski definition) is 4. The van der Waals surface area contributed by atoms with Gasteiger partial charge in [0.15, 0.2) is 0 Å². The molecule has 50 heavy (non-hydrogen) atoms. The first-order chi connectivity index (χ1) is 23.7. The van der Waals surface area contributed by atoms with Crippen molar-refractivity contribution >= 4 is 24.3 Å². The van der Waals surface area contributed by atoms with E-state index in [1.807, 2.05) is 20.8 Å². The molecule has 3 aliphatic heterocycles. The number of nitrogens with one attached hydrogen (secondary N) is 2. The first-order valence-electron chi connectivity index (χ1n) is 19.9. The SMILES string of the molecule is C=C(NCCCC1OC2(CCC1C)COCC(CCC(C)/C=C(\C)C(C)O)C2)C(C)C(S)CNC(=O)CC1OC(CC(=O)CCC)CCC1C. The predicted molar refractivity (Wildman–Crippen MR) is 206 cm³/mol. The van der Waals surface area contributed by atoms with Crippen LogP contribution in [-0.4, -0.2) is 78.4 Å². The Labute approximate surface area is 310 Å². The van der Waals surface area contributed by atoms with Crippen LogP contribution >= 0.6 is 12.6 Å². The third-order valence-corrected chi connectivity index (χ3v) is 12.3. The minimum Gasteiger partial charge on any atom is -0.389 e. The predicted octanol–water partition coefficient (Wildman–Crippen LogP) is 7.59. The number of Topliss-reactive ketones (excluding diaryl/α,β-unsaturated/α-hetero) is 1. The van der Waals surface area contributed by atoms with E-state index in [1.165, 1.54) is 6.42 Å². The molecule has 0 radical (unpaired) electrons. The molecular formula is C41H72N2O6S. The number of aliphatic hydroxyl groups excluding tert-OH is 1. The number of hydrogen-bond acceptors (Lipinski definition) is 8. The molecule has 3 N–H and O–H groups in total. The number of allylic oxidation sites excluding steroid dienone is 2. The highest BCUT2D eigenvalue weighted by atomic mass is 32.1. The Morgan fingerprint density at radius 3 is 2.52 bits per heavy atom. The molecule has 3 fully saturated rings. The number of carbonyl (C=O) groups excluding carboxylic acids is 2. The summed E-state index contributed by atoms with van der Waals surface area (Å²) in [4.78, 5) is 25.0. The van der Waals surface area contributed by atoms with Gasteiger partial charge in [-0.05, 0) is 107 Å². The molecular weight excluding hydrogens is 649 g/mol. The van der Waals surface area contributed by atoms with E-state index in [4.69, 9.17) is 26.8 Å². The molecule has 288 valence electrons. The third-order valence-electron chi connectivity index (χ3n) is 11.7. The first-order valence-corrected chi connectivity index (χ1v) is 20.4. The van der Waals surface area contributed by atoms with E-state index >= 15 is 0 Å². The van der Waals surface area contributed by atoms with Crippen LogP contribution in [0.25, 0.3) is 0 Å². The Bertz CT molecular complexity index is 1100. The van der Waals surface area contributed by atoms with Gasteiger partial charge in [-0.1, -0.05) is 47.3 Å². The van der Waals surface area contributed by atoms with Gasteiger partial charge in [-0.3, -0.25) is 9.59 Å². The van der Waals surface area contributed by atoms with Gasteiger partial charge < -0.3 is 30.0 Å². The maximum Gasteiger partial charge on any atom is 0.222 e. The molecule has 0 aliphatic carbocycles. The highest BCUT2D eigenvalue weighted by molar-refractivity contribution is 7.81. The largest absolute Gasteiger partial charge is 0.389 e. The molecule has 9 heteroatoms. The Morgan fingerprint density at radius 2 is 1.80 bits per heavy atom. The summed E-state index contributed by atoms with van der Waals surface area (Å²) in [7, 11) is 0. The molecule has 1 spiro atoms. The van der Waals surface area contributed by atoms with Crippen molar-refractivity contribution in [3.8, 4) is 0 Å². The number of ketones is 1. The Morgan fingerprint density at radius 1 is 1.06 bits per heavy atom. The van der Waals surface area contributed by atoms with E-state index in [-0.39, 0.29) is 52.9 Å². The molecule has 3 rings (SSSR count). The quantitative estimate of drug-likeness (QED) is 0.0584. The van der Waals surface area contributed by atoms with E-state index < -0.39 is 0 Å². The number of aliphatic hydroxyl groups is 1. The summed E-state index contributed by atoms with van der Waals surface area (Å²) < 4.78 is 19.3. The molecule has 3 heterocycles. The maximum atomic E-state index is 12.9. The van der Waals surface area contributed by atoms with Gasteiger partial charge in [-0.25, -0.2) is 0 Å². The van der Waals surface area contributed by atoms with E-state index in [0.29, 0.717) is 56.1 Å². The van der Waals surface area contributed by atoms with Crippen LogP contribution in [-0.2, 0) is 23.8 Å². The molecule has 11 atom stereocenters. The standard InChI is InChI=1S/C41H72N2O6S/c1-9-11-35(45)21-36-16-14-28(3)38(48-36)22-40(46)43-24-39(50)31(6)32(7)42-19-10-12-37-29(4)17-18-41(49-37)23-34(25-47-26-41)15-13-27(2)20-30(5)33(8)44/h20,27-29,31,33-34,36-39,42,44,50H,7,9-19,21-26H2,1-6,8H3,(H,43,46)/b30-20+. The normalized spacial score (nSPS) is 31.4. The number of amides is 1. The average molecular weight is 721 g/mol. The molecule has 3 aliphatic rings. The highest BCUT2D eigenvalue weighted by Gasteiger charge is 2.44. The molecule has 8 nitrogen and oxygen atoms in total. The Kier molecular flexibility index (Phi) is 18.4. The van der Waals surface area contributed by atoms with Gasteiger partial charge in [0.1, 0.15) is 5.78 Å². The summed E-state index contributed by atoms with van der Waals surface area (Å²) in [6, 6.07) is 0. The lowest BCUT2D eigenvalue weighted by Crippen LogP contribution is -2.51. The molecule has 1 amide bonds. The van der Waals surface area contributed by atoms with Gasteiger partial charge in [0.05, 0.1) is 43.0 Å². The minimum absolute atomic E-state index is 0.0317. The van der Waals surface area contributed by atoms with Gasteiger partial charge in [0.2, 0.25) is 5.91 Å². The summed E-state index contributed by atoms with van der Waals surface area (Å²) in [5, 5.41) is 16.4. The summed E-state index contributed by atoms with van der Waals surface area (Å²) in [5.74, 6) is 2.07. The lowest BCUT2D eigenvalue weighted by atomic mass is 9.77. The number of thiol groups is 1. The van der Waals surface area contributed by atoms with Gasteiger partial charge >= 0.3 is 0 Å². The van der Waals surface area contributed by atoms with Gasteiger partial charge in [0.25, 0.3) is 0 Å². The van der Waals surface area contributed by atoms with Crippen LogP contribution in [0.15, 0.2) is 23.9 Å². The van der Waals surface area contributed by atoms with Crippen LogP contribution < -0.4 is 10.6 Å². The second kappa shape index (κ2) is 21.3. The fraction of sp³-hybridized carbons (Fsp3) is 0.854. The van der Waals surface area contributed by atoms with Crippen molar-refractivity contribution in [2.75, 3.05) is 26.3 Å². The second-order valence-electron chi connectivity index (χ2n) is 16.4. The van der Waals surface area contributed by atoms with E-state index in [9.17, 15) is 14.7 Å². The molecule has 0 bridgehead atoms. The van der Waals surface area contributed by atoms with E-state index in [1.54, 1.807) is 0 Å². The Hall–Kier alpha value is -1.39. The maximum absolute atomic E-state index is 12.9. The summed E-state index contributed by atoms with van der Waals surface area (Å²) >= 11 is 4.82. The molecule has 3 saturated heterocycles. The average Bonchev–Trinajstić information content (AvgIpc) is 3.07. The Balaban J connectivity index is 1.35.